The summed E-state index contributed by atoms with van der Waals surface area (Å²) in [5.74, 6) is 0.243. The zero-order valence-electron chi connectivity index (χ0n) is 48.5. The molecule has 354 valence electrons. The number of aromatic nitrogens is 3. The van der Waals surface area contributed by atoms with Crippen molar-refractivity contribution in [2.45, 2.75) is 132 Å². The molecule has 1 N–H and O–H groups in total. The summed E-state index contributed by atoms with van der Waals surface area (Å²) in [7, 11) is 0. The minimum absolute atomic E-state index is 0. The van der Waals surface area contributed by atoms with E-state index in [2.05, 4.69) is 94.6 Å². The summed E-state index contributed by atoms with van der Waals surface area (Å²) in [6, 6.07) is 37.9. The van der Waals surface area contributed by atoms with Gasteiger partial charge in [-0.05, 0) is 97.1 Å². The summed E-state index contributed by atoms with van der Waals surface area (Å²) in [6.07, 6.45) is -0.0845. The number of pyridine rings is 1. The summed E-state index contributed by atoms with van der Waals surface area (Å²) in [4.78, 5) is 10.4. The Hall–Kier alpha value is -5.57. The van der Waals surface area contributed by atoms with Crippen molar-refractivity contribution in [2.24, 2.45) is 5.41 Å². The van der Waals surface area contributed by atoms with Crippen LogP contribution < -0.4 is 0 Å². The monoisotopic (exact) mass is 1090 g/mol. The number of hydrogen-bond donors (Lipinski definition) is 1. The Labute approximate surface area is 430 Å². The number of hydrogen-bond acceptors (Lipinski definition) is 3. The fraction of sp³-hybridized carbons (Fsp3) is 0.333. The van der Waals surface area contributed by atoms with Gasteiger partial charge in [-0.1, -0.05) is 200 Å². The number of imidazole rings is 1. The van der Waals surface area contributed by atoms with Crippen LogP contribution in [-0.4, -0.2) is 19.6 Å². The topological polar surface area (TPSA) is 50.9 Å². The molecule has 4 nitrogen and oxygen atoms in total. The van der Waals surface area contributed by atoms with E-state index in [1.54, 1.807) is 12.3 Å². The minimum atomic E-state index is -1.76. The van der Waals surface area contributed by atoms with Crippen LogP contribution in [0.1, 0.15) is 140 Å². The van der Waals surface area contributed by atoms with Crippen molar-refractivity contribution in [3.8, 4) is 67.5 Å². The Bertz CT molecular complexity index is 3390. The molecular weight excluding hydrogens is 1010 g/mol. The predicted octanol–water partition coefficient (Wildman–Crippen LogP) is 17.0. The Morgan fingerprint density at radius 3 is 1.85 bits per heavy atom. The molecule has 0 amide bonds. The third-order valence-electron chi connectivity index (χ3n) is 12.2. The first kappa shape index (κ1) is 42.5. The Balaban J connectivity index is 0.00000800. The van der Waals surface area contributed by atoms with Crippen molar-refractivity contribution < 1.29 is 34.4 Å². The molecule has 0 bridgehead atoms. The molecule has 0 saturated carbocycles. The molecular formula is C63H70N3OPt-. The van der Waals surface area contributed by atoms with Gasteiger partial charge in [0.15, 0.2) is 0 Å². The average Bonchev–Trinajstić information content (AvgIpc) is 3.65. The van der Waals surface area contributed by atoms with Crippen molar-refractivity contribution in [1.82, 2.24) is 14.5 Å². The smallest absolute Gasteiger partial charge is 0.148 e. The third kappa shape index (κ3) is 10.5. The fourth-order valence-corrected chi connectivity index (χ4v) is 8.45. The maximum absolute atomic E-state index is 12.7. The molecule has 0 radical (unpaired) electrons. The molecule has 0 saturated heterocycles. The number of para-hydroxylation sites is 1. The molecule has 0 unspecified atom stereocenters. The number of nitrogens with zero attached hydrogens (tertiary/aromatic N) is 3. The number of phenols is 1. The van der Waals surface area contributed by atoms with Gasteiger partial charge in [0.25, 0.3) is 0 Å². The predicted molar refractivity (Wildman–Crippen MR) is 285 cm³/mol. The van der Waals surface area contributed by atoms with Crippen molar-refractivity contribution >= 4 is 11.0 Å². The zero-order chi connectivity index (χ0) is 53.7. The molecule has 0 atom stereocenters. The van der Waals surface area contributed by atoms with Gasteiger partial charge in [-0.3, -0.25) is 9.55 Å². The van der Waals surface area contributed by atoms with E-state index in [1.807, 2.05) is 105 Å². The zero-order valence-corrected chi connectivity index (χ0v) is 44.8. The van der Waals surface area contributed by atoms with Gasteiger partial charge in [0.05, 0.1) is 27.8 Å². The van der Waals surface area contributed by atoms with Crippen LogP contribution in [0.5, 0.6) is 5.75 Å². The van der Waals surface area contributed by atoms with Gasteiger partial charge in [0.1, 0.15) is 11.6 Å². The second-order valence-electron chi connectivity index (χ2n) is 23.2. The van der Waals surface area contributed by atoms with E-state index in [0.717, 1.165) is 44.6 Å². The number of benzene rings is 6. The molecule has 2 heterocycles. The molecule has 8 rings (SSSR count). The number of rotatable bonds is 7. The van der Waals surface area contributed by atoms with Crippen molar-refractivity contribution in [2.75, 3.05) is 0 Å². The molecule has 8 aromatic rings. The van der Waals surface area contributed by atoms with Crippen molar-refractivity contribution in [3.63, 3.8) is 0 Å². The SMILES string of the molecule is [2H]c1cc(C([2H])([2H])C(C)(C)C)cc([2H])c1-c1ccnc(-c2[c-]c(-c3cccc4c3nc(-c3c([2H])c(C(C)(C)C)c([2H])c(C(C)(C)C)c3O)n4-c3ccc(C(C)(C)C)cc3-c3ccccc3)cc(C(C)(C)C)c2)c1.[Pt]. The van der Waals surface area contributed by atoms with Crippen LogP contribution in [0.2, 0.25) is 0 Å². The van der Waals surface area contributed by atoms with Gasteiger partial charge in [-0.2, -0.15) is 0 Å². The summed E-state index contributed by atoms with van der Waals surface area (Å²) < 4.78 is 57.5. The van der Waals surface area contributed by atoms with Gasteiger partial charge in [0.2, 0.25) is 0 Å². The summed E-state index contributed by atoms with van der Waals surface area (Å²) in [5, 5.41) is 12.7. The van der Waals surface area contributed by atoms with Crippen molar-refractivity contribution in [3.05, 3.63) is 167 Å². The first-order valence-corrected chi connectivity index (χ1v) is 23.5. The summed E-state index contributed by atoms with van der Waals surface area (Å²) in [6.45, 7) is 30.5. The summed E-state index contributed by atoms with van der Waals surface area (Å²) in [5.41, 5.74) is 9.13. The maximum Gasteiger partial charge on any atom is 0.148 e. The van der Waals surface area contributed by atoms with E-state index in [4.69, 9.17) is 15.5 Å². The molecule has 0 fully saturated rings. The number of fused-ring (bicyclic) bond motifs is 1. The van der Waals surface area contributed by atoms with E-state index in [1.165, 1.54) is 12.1 Å². The molecule has 0 aliphatic heterocycles. The van der Waals surface area contributed by atoms with Gasteiger partial charge < -0.3 is 5.11 Å². The van der Waals surface area contributed by atoms with Crippen LogP contribution >= 0.6 is 0 Å². The molecule has 6 aromatic carbocycles. The average molecular weight is 1090 g/mol. The number of phenolic OH excluding ortho intramolecular Hbond substituents is 1. The van der Waals surface area contributed by atoms with Crippen LogP contribution in [0.4, 0.5) is 0 Å². The van der Waals surface area contributed by atoms with Gasteiger partial charge >= 0.3 is 0 Å². The van der Waals surface area contributed by atoms with E-state index in [0.29, 0.717) is 50.4 Å². The van der Waals surface area contributed by atoms with E-state index < -0.39 is 22.6 Å². The largest absolute Gasteiger partial charge is 0.507 e. The second-order valence-corrected chi connectivity index (χ2v) is 23.2. The van der Waals surface area contributed by atoms with Gasteiger partial charge in [0, 0.05) is 46.8 Å². The third-order valence-corrected chi connectivity index (χ3v) is 12.2. The maximum atomic E-state index is 12.7. The first-order chi connectivity index (χ1) is 33.7. The van der Waals surface area contributed by atoms with Crippen LogP contribution in [-0.2, 0) is 49.1 Å². The molecule has 0 aliphatic carbocycles. The Morgan fingerprint density at radius 1 is 0.588 bits per heavy atom. The van der Waals surface area contributed by atoms with Gasteiger partial charge in [-0.15, -0.1) is 29.3 Å². The standard InChI is InChI=1S/C63H70N3O.Pt/c1-59(2,3)39-40-24-26-41(27-25-40)43-30-31-64-53(35-43)45-32-44(33-47(34-45)61(7,8)9)49-22-19-23-55-56(49)65-58(51-37-48(62(10,11)12)38-52(57(51)67)63(13,14)15)66(55)54-29-28-46(60(4,5)6)36-50(54)42-20-17-16-18-21-42;/h16-31,33-38,67H,39H2,1-15H3;/q-1;/i26D,27D,37D,38D,39D2;. The minimum Gasteiger partial charge on any atom is -0.507 e. The number of aromatic hydroxyl groups is 1. The quantitative estimate of drug-likeness (QED) is 0.162. The molecule has 2 aromatic heterocycles. The molecule has 0 spiro atoms. The Morgan fingerprint density at radius 2 is 1.24 bits per heavy atom. The van der Waals surface area contributed by atoms with Crippen LogP contribution in [0.15, 0.2) is 133 Å². The van der Waals surface area contributed by atoms with Gasteiger partial charge in [-0.25, -0.2) is 4.98 Å². The van der Waals surface area contributed by atoms with Crippen LogP contribution in [0.3, 0.4) is 0 Å². The fourth-order valence-electron chi connectivity index (χ4n) is 8.45. The van der Waals surface area contributed by atoms with Crippen molar-refractivity contribution in [1.29, 1.82) is 0 Å². The normalized spacial score (nSPS) is 14.1. The summed E-state index contributed by atoms with van der Waals surface area (Å²) >= 11 is 0. The second kappa shape index (κ2) is 18.4. The van der Waals surface area contributed by atoms with Crippen LogP contribution in [0, 0.1) is 11.5 Å². The van der Waals surface area contributed by atoms with E-state index in [-0.39, 0.29) is 67.4 Å². The van der Waals surface area contributed by atoms with Crippen LogP contribution in [0.25, 0.3) is 72.7 Å². The van der Waals surface area contributed by atoms with E-state index in [9.17, 15) is 7.85 Å². The molecule has 68 heavy (non-hydrogen) atoms. The Kier molecular flexibility index (Phi) is 11.5. The van der Waals surface area contributed by atoms with E-state index >= 15 is 0 Å². The molecule has 0 aliphatic rings. The first-order valence-electron chi connectivity index (χ1n) is 26.5. The molecule has 5 heteroatoms.